The van der Waals surface area contributed by atoms with Gasteiger partial charge in [0.05, 0.1) is 6.61 Å². The van der Waals surface area contributed by atoms with E-state index in [1.54, 1.807) is 6.92 Å². The average Bonchev–Trinajstić information content (AvgIpc) is 2.60. The van der Waals surface area contributed by atoms with Crippen molar-refractivity contribution in [2.24, 2.45) is 5.41 Å². The summed E-state index contributed by atoms with van der Waals surface area (Å²) in [6.07, 6.45) is 7.53. The summed E-state index contributed by atoms with van der Waals surface area (Å²) in [5.74, 6) is -0.0446. The van der Waals surface area contributed by atoms with Crippen molar-refractivity contribution in [2.75, 3.05) is 13.2 Å². The third kappa shape index (κ3) is 11.8. The minimum atomic E-state index is -0.396. The number of esters is 1. The van der Waals surface area contributed by atoms with E-state index in [-0.39, 0.29) is 23.7 Å². The quantitative estimate of drug-likeness (QED) is 0.265. The van der Waals surface area contributed by atoms with Crippen molar-refractivity contribution in [3.63, 3.8) is 0 Å². The largest absolute Gasteiger partial charge is 0.462 e. The molecular formula is C21H37NO4. The second kappa shape index (κ2) is 13.5. The summed E-state index contributed by atoms with van der Waals surface area (Å²) in [4.78, 5) is 34.8. The third-order valence-corrected chi connectivity index (χ3v) is 4.60. The summed E-state index contributed by atoms with van der Waals surface area (Å²) in [6.45, 7) is 12.1. The second-order valence-electron chi connectivity index (χ2n) is 7.57. The predicted octanol–water partition coefficient (Wildman–Crippen LogP) is 4.35. The molecule has 0 aliphatic heterocycles. The van der Waals surface area contributed by atoms with Gasteiger partial charge in [-0.1, -0.05) is 46.6 Å². The topological polar surface area (TPSA) is 72.5 Å². The van der Waals surface area contributed by atoms with Crippen molar-refractivity contribution in [1.82, 2.24) is 5.32 Å². The molecule has 0 aromatic heterocycles. The van der Waals surface area contributed by atoms with Crippen molar-refractivity contribution in [3.05, 3.63) is 12.2 Å². The van der Waals surface area contributed by atoms with Crippen molar-refractivity contribution in [3.8, 4) is 0 Å². The summed E-state index contributed by atoms with van der Waals surface area (Å²) in [6, 6.07) is 0. The number of hydrogen-bond donors (Lipinski definition) is 1. The van der Waals surface area contributed by atoms with E-state index < -0.39 is 5.97 Å². The van der Waals surface area contributed by atoms with Gasteiger partial charge in [0, 0.05) is 30.4 Å². The first-order valence-corrected chi connectivity index (χ1v) is 9.83. The zero-order chi connectivity index (χ0) is 20.0. The number of unbranched alkanes of at least 4 members (excludes halogenated alkanes) is 4. The van der Waals surface area contributed by atoms with Gasteiger partial charge in [-0.25, -0.2) is 4.79 Å². The van der Waals surface area contributed by atoms with Gasteiger partial charge < -0.3 is 10.1 Å². The van der Waals surface area contributed by atoms with E-state index in [1.807, 2.05) is 20.8 Å². The number of amides is 1. The Morgan fingerprint density at radius 1 is 0.962 bits per heavy atom. The van der Waals surface area contributed by atoms with Crippen LogP contribution in [0, 0.1) is 5.41 Å². The lowest BCUT2D eigenvalue weighted by Gasteiger charge is -2.21. The number of Topliss-reactive ketones (excluding diaryl/α,β-unsaturated/α-hetero) is 1. The Kier molecular flexibility index (Phi) is 12.7. The molecule has 0 heterocycles. The molecule has 5 nitrogen and oxygen atoms in total. The molecule has 1 amide bonds. The van der Waals surface area contributed by atoms with Crippen LogP contribution in [0.2, 0.25) is 0 Å². The van der Waals surface area contributed by atoms with E-state index in [2.05, 4.69) is 11.9 Å². The number of rotatable bonds is 15. The maximum Gasteiger partial charge on any atom is 0.333 e. The maximum atomic E-state index is 11.9. The van der Waals surface area contributed by atoms with Gasteiger partial charge in [-0.15, -0.1) is 0 Å². The highest BCUT2D eigenvalue weighted by Crippen LogP contribution is 2.19. The fraction of sp³-hybridized carbons (Fsp3) is 0.762. The van der Waals surface area contributed by atoms with Crippen LogP contribution in [0.1, 0.15) is 85.5 Å². The standard InChI is InChI=1S/C21H37NO4/c1-6-21(4,5)20(25)22-15-11-9-7-8-10-13-18(23)14-12-16-26-19(24)17(2)3/h2,6-16H2,1,3-5H3,(H,22,25). The van der Waals surface area contributed by atoms with Gasteiger partial charge in [0.2, 0.25) is 5.91 Å². The molecule has 0 aliphatic rings. The van der Waals surface area contributed by atoms with Crippen molar-refractivity contribution in [1.29, 1.82) is 0 Å². The lowest BCUT2D eigenvalue weighted by Crippen LogP contribution is -2.36. The monoisotopic (exact) mass is 367 g/mol. The Bertz CT molecular complexity index is 469. The molecule has 0 spiro atoms. The number of carbonyl (C=O) groups excluding carboxylic acids is 3. The third-order valence-electron chi connectivity index (χ3n) is 4.60. The van der Waals surface area contributed by atoms with Gasteiger partial charge in [0.15, 0.2) is 0 Å². The van der Waals surface area contributed by atoms with Crippen LogP contribution in [0.5, 0.6) is 0 Å². The normalized spacial score (nSPS) is 11.1. The first-order chi connectivity index (χ1) is 12.2. The van der Waals surface area contributed by atoms with E-state index in [0.29, 0.717) is 24.8 Å². The van der Waals surface area contributed by atoms with Crippen LogP contribution in [0.15, 0.2) is 12.2 Å². The van der Waals surface area contributed by atoms with Gasteiger partial charge in [-0.3, -0.25) is 9.59 Å². The van der Waals surface area contributed by atoms with Crippen LogP contribution in [0.25, 0.3) is 0 Å². The van der Waals surface area contributed by atoms with Crippen molar-refractivity contribution >= 4 is 17.7 Å². The minimum absolute atomic E-state index is 0.125. The van der Waals surface area contributed by atoms with Gasteiger partial charge >= 0.3 is 5.97 Å². The molecular weight excluding hydrogens is 330 g/mol. The van der Waals surface area contributed by atoms with Crippen molar-refractivity contribution in [2.45, 2.75) is 85.5 Å². The summed E-state index contributed by atoms with van der Waals surface area (Å²) in [5.41, 5.74) is 0.0911. The number of ether oxygens (including phenoxy) is 1. The van der Waals surface area contributed by atoms with E-state index in [4.69, 9.17) is 4.74 Å². The Balaban J connectivity index is 3.50. The molecule has 0 unspecified atom stereocenters. The first kappa shape index (κ1) is 24.4. The molecule has 0 saturated heterocycles. The molecule has 0 radical (unpaired) electrons. The Morgan fingerprint density at radius 2 is 1.54 bits per heavy atom. The summed E-state index contributed by atoms with van der Waals surface area (Å²) < 4.78 is 4.96. The smallest absolute Gasteiger partial charge is 0.333 e. The molecule has 0 aromatic carbocycles. The van der Waals surface area contributed by atoms with Crippen LogP contribution < -0.4 is 5.32 Å². The molecule has 0 bridgehead atoms. The Labute approximate surface area is 158 Å². The van der Waals surface area contributed by atoms with E-state index in [9.17, 15) is 14.4 Å². The van der Waals surface area contributed by atoms with Gasteiger partial charge in [0.25, 0.3) is 0 Å². The zero-order valence-electron chi connectivity index (χ0n) is 17.1. The molecule has 1 N–H and O–H groups in total. The summed E-state index contributed by atoms with van der Waals surface area (Å²) in [7, 11) is 0. The second-order valence-corrected chi connectivity index (χ2v) is 7.57. The van der Waals surface area contributed by atoms with Crippen LogP contribution in [0.3, 0.4) is 0 Å². The van der Waals surface area contributed by atoms with Gasteiger partial charge in [-0.05, 0) is 32.6 Å². The Hall–Kier alpha value is -1.65. The van der Waals surface area contributed by atoms with Crippen molar-refractivity contribution < 1.29 is 19.1 Å². The lowest BCUT2D eigenvalue weighted by molar-refractivity contribution is -0.139. The van der Waals surface area contributed by atoms with Gasteiger partial charge in [-0.2, -0.15) is 0 Å². The number of carbonyl (C=O) groups is 3. The van der Waals surface area contributed by atoms with Crippen LogP contribution in [0.4, 0.5) is 0 Å². The zero-order valence-corrected chi connectivity index (χ0v) is 17.1. The number of hydrogen-bond acceptors (Lipinski definition) is 4. The number of ketones is 1. The lowest BCUT2D eigenvalue weighted by atomic mass is 9.89. The highest BCUT2D eigenvalue weighted by Gasteiger charge is 2.24. The summed E-state index contributed by atoms with van der Waals surface area (Å²) in [5, 5.41) is 2.99. The average molecular weight is 368 g/mol. The maximum absolute atomic E-state index is 11.9. The predicted molar refractivity (Wildman–Crippen MR) is 105 cm³/mol. The van der Waals surface area contributed by atoms with E-state index >= 15 is 0 Å². The highest BCUT2D eigenvalue weighted by atomic mass is 16.5. The Morgan fingerprint density at radius 3 is 2.15 bits per heavy atom. The molecule has 0 fully saturated rings. The molecule has 5 heteroatoms. The molecule has 150 valence electrons. The van der Waals surface area contributed by atoms with E-state index in [1.165, 1.54) is 0 Å². The first-order valence-electron chi connectivity index (χ1n) is 9.83. The SMILES string of the molecule is C=C(C)C(=O)OCCCC(=O)CCCCCCCNC(=O)C(C)(C)CC. The van der Waals surface area contributed by atoms with Gasteiger partial charge in [0.1, 0.15) is 5.78 Å². The minimum Gasteiger partial charge on any atom is -0.462 e. The molecule has 0 aliphatic carbocycles. The fourth-order valence-corrected chi connectivity index (χ4v) is 2.26. The summed E-state index contributed by atoms with van der Waals surface area (Å²) >= 11 is 0. The van der Waals surface area contributed by atoms with Crippen LogP contribution in [-0.4, -0.2) is 30.8 Å². The van der Waals surface area contributed by atoms with E-state index in [0.717, 1.165) is 45.1 Å². The molecule has 0 aromatic rings. The van der Waals surface area contributed by atoms with Crippen LogP contribution in [-0.2, 0) is 19.1 Å². The molecule has 0 atom stereocenters. The molecule has 0 saturated carbocycles. The molecule has 0 rings (SSSR count). The fourth-order valence-electron chi connectivity index (χ4n) is 2.26. The highest BCUT2D eigenvalue weighted by molar-refractivity contribution is 5.87. The molecule has 26 heavy (non-hydrogen) atoms. The van der Waals surface area contributed by atoms with Crippen LogP contribution >= 0.6 is 0 Å². The number of nitrogens with one attached hydrogen (secondary N) is 1.